The molecule has 4 heteroatoms. The molecule has 1 heterocycles. The maximum atomic E-state index is 4.74. The normalized spacial score (nSPS) is 11.4. The number of hydrogen-bond donors (Lipinski definition) is 1. The molecular formula is C16H20IN3. The summed E-state index contributed by atoms with van der Waals surface area (Å²) in [5.74, 6) is 1.79. The van der Waals surface area contributed by atoms with Crippen molar-refractivity contribution >= 4 is 28.4 Å². The van der Waals surface area contributed by atoms with Crippen molar-refractivity contribution in [3.8, 4) is 0 Å². The van der Waals surface area contributed by atoms with Crippen molar-refractivity contribution in [2.75, 3.05) is 11.9 Å². The van der Waals surface area contributed by atoms with Gasteiger partial charge in [-0.25, -0.2) is 9.97 Å². The van der Waals surface area contributed by atoms with Gasteiger partial charge in [-0.3, -0.25) is 0 Å². The van der Waals surface area contributed by atoms with Gasteiger partial charge >= 0.3 is 0 Å². The van der Waals surface area contributed by atoms with Crippen LogP contribution in [0, 0.1) is 10.5 Å². The van der Waals surface area contributed by atoms with Gasteiger partial charge in [0.2, 0.25) is 0 Å². The second-order valence-corrected chi connectivity index (χ2v) is 6.40. The summed E-state index contributed by atoms with van der Waals surface area (Å²) in [7, 11) is 0. The number of aromatic nitrogens is 2. The molecule has 0 saturated carbocycles. The monoisotopic (exact) mass is 381 g/mol. The van der Waals surface area contributed by atoms with Gasteiger partial charge in [0, 0.05) is 12.0 Å². The highest BCUT2D eigenvalue weighted by atomic mass is 127. The molecule has 106 valence electrons. The fourth-order valence-electron chi connectivity index (χ4n) is 2.11. The summed E-state index contributed by atoms with van der Waals surface area (Å²) in [5.41, 5.74) is 2.04. The van der Waals surface area contributed by atoms with E-state index in [9.17, 15) is 0 Å². The Morgan fingerprint density at radius 2 is 1.80 bits per heavy atom. The van der Waals surface area contributed by atoms with E-state index in [-0.39, 0.29) is 5.41 Å². The number of benzene rings is 1. The van der Waals surface area contributed by atoms with Crippen LogP contribution in [0.15, 0.2) is 30.3 Å². The molecule has 0 spiro atoms. The van der Waals surface area contributed by atoms with E-state index < -0.39 is 0 Å². The molecule has 3 nitrogen and oxygen atoms in total. The van der Waals surface area contributed by atoms with Gasteiger partial charge in [-0.1, -0.05) is 30.3 Å². The number of anilines is 1. The van der Waals surface area contributed by atoms with E-state index in [0.29, 0.717) is 0 Å². The SMILES string of the molecule is CCNc1nc(C(C)(C)c2ccccc2)nc(C)c1I. The molecule has 0 fully saturated rings. The van der Waals surface area contributed by atoms with Gasteiger partial charge in [-0.2, -0.15) is 0 Å². The third-order valence-electron chi connectivity index (χ3n) is 3.42. The van der Waals surface area contributed by atoms with Crippen LogP contribution in [-0.2, 0) is 5.41 Å². The molecule has 0 aliphatic rings. The Hall–Kier alpha value is -1.17. The van der Waals surface area contributed by atoms with Crippen molar-refractivity contribution in [1.82, 2.24) is 9.97 Å². The van der Waals surface area contributed by atoms with Crippen LogP contribution in [0.25, 0.3) is 0 Å². The maximum absolute atomic E-state index is 4.74. The molecule has 0 bridgehead atoms. The molecule has 0 saturated heterocycles. The lowest BCUT2D eigenvalue weighted by molar-refractivity contribution is 0.587. The highest BCUT2D eigenvalue weighted by Gasteiger charge is 2.27. The van der Waals surface area contributed by atoms with Crippen molar-refractivity contribution in [3.63, 3.8) is 0 Å². The smallest absolute Gasteiger partial charge is 0.143 e. The van der Waals surface area contributed by atoms with Crippen LogP contribution in [0.1, 0.15) is 37.9 Å². The molecule has 2 aromatic rings. The first-order chi connectivity index (χ1) is 9.46. The van der Waals surface area contributed by atoms with Gasteiger partial charge in [-0.15, -0.1) is 0 Å². The van der Waals surface area contributed by atoms with Crippen molar-refractivity contribution in [2.24, 2.45) is 0 Å². The Labute approximate surface area is 134 Å². The Balaban J connectivity index is 2.52. The highest BCUT2D eigenvalue weighted by molar-refractivity contribution is 14.1. The van der Waals surface area contributed by atoms with Gasteiger partial charge in [0.25, 0.3) is 0 Å². The lowest BCUT2D eigenvalue weighted by atomic mass is 9.83. The van der Waals surface area contributed by atoms with E-state index >= 15 is 0 Å². The quantitative estimate of drug-likeness (QED) is 0.809. The molecule has 1 aromatic heterocycles. The molecule has 1 N–H and O–H groups in total. The van der Waals surface area contributed by atoms with E-state index in [0.717, 1.165) is 27.5 Å². The third kappa shape index (κ3) is 2.95. The van der Waals surface area contributed by atoms with Crippen LogP contribution in [0.5, 0.6) is 0 Å². The van der Waals surface area contributed by atoms with Crippen LogP contribution in [-0.4, -0.2) is 16.5 Å². The summed E-state index contributed by atoms with van der Waals surface area (Å²) in [6, 6.07) is 10.4. The third-order valence-corrected chi connectivity index (χ3v) is 4.71. The topological polar surface area (TPSA) is 37.8 Å². The van der Waals surface area contributed by atoms with Crippen molar-refractivity contribution in [2.45, 2.75) is 33.1 Å². The second kappa shape index (κ2) is 6.08. The van der Waals surface area contributed by atoms with Crippen molar-refractivity contribution in [3.05, 3.63) is 51.0 Å². The minimum Gasteiger partial charge on any atom is -0.369 e. The van der Waals surface area contributed by atoms with E-state index in [1.165, 1.54) is 5.56 Å². The predicted octanol–water partition coefficient (Wildman–Crippen LogP) is 4.15. The number of nitrogens with one attached hydrogen (secondary N) is 1. The highest BCUT2D eigenvalue weighted by Crippen LogP contribution is 2.31. The van der Waals surface area contributed by atoms with Crippen LogP contribution in [0.4, 0.5) is 5.82 Å². The number of aryl methyl sites for hydroxylation is 1. The average molecular weight is 381 g/mol. The Bertz CT molecular complexity index is 594. The van der Waals surface area contributed by atoms with Crippen LogP contribution in [0.2, 0.25) is 0 Å². The van der Waals surface area contributed by atoms with Crippen molar-refractivity contribution in [1.29, 1.82) is 0 Å². The standard InChI is InChI=1S/C16H20IN3/c1-5-18-14-13(17)11(2)19-15(20-14)16(3,4)12-9-7-6-8-10-12/h6-10H,5H2,1-4H3,(H,18,19,20). The first-order valence-corrected chi connectivity index (χ1v) is 7.88. The van der Waals surface area contributed by atoms with Crippen molar-refractivity contribution < 1.29 is 0 Å². The van der Waals surface area contributed by atoms with Crippen LogP contribution < -0.4 is 5.32 Å². The molecule has 0 amide bonds. The zero-order valence-electron chi connectivity index (χ0n) is 12.4. The fourth-order valence-corrected chi connectivity index (χ4v) is 2.54. The van der Waals surface area contributed by atoms with Gasteiger partial charge in [-0.05, 0) is 55.8 Å². The summed E-state index contributed by atoms with van der Waals surface area (Å²) in [6.07, 6.45) is 0. The largest absolute Gasteiger partial charge is 0.369 e. The Morgan fingerprint density at radius 1 is 1.15 bits per heavy atom. The molecule has 0 radical (unpaired) electrons. The fraction of sp³-hybridized carbons (Fsp3) is 0.375. The molecule has 20 heavy (non-hydrogen) atoms. The zero-order chi connectivity index (χ0) is 14.8. The summed E-state index contributed by atoms with van der Waals surface area (Å²) in [5, 5.41) is 3.32. The van der Waals surface area contributed by atoms with Gasteiger partial charge in [0.15, 0.2) is 0 Å². The average Bonchev–Trinajstić information content (AvgIpc) is 2.44. The minimum atomic E-state index is -0.208. The maximum Gasteiger partial charge on any atom is 0.143 e. The lowest BCUT2D eigenvalue weighted by Gasteiger charge is -2.25. The van der Waals surface area contributed by atoms with E-state index in [1.54, 1.807) is 0 Å². The van der Waals surface area contributed by atoms with Gasteiger partial charge in [0.1, 0.15) is 11.6 Å². The predicted molar refractivity (Wildman–Crippen MR) is 92.2 cm³/mol. The van der Waals surface area contributed by atoms with Gasteiger partial charge < -0.3 is 5.32 Å². The van der Waals surface area contributed by atoms with E-state index in [1.807, 2.05) is 13.0 Å². The summed E-state index contributed by atoms with van der Waals surface area (Å²) < 4.78 is 1.09. The zero-order valence-corrected chi connectivity index (χ0v) is 14.5. The molecule has 0 unspecified atom stereocenters. The first-order valence-electron chi connectivity index (χ1n) is 6.80. The van der Waals surface area contributed by atoms with E-state index in [4.69, 9.17) is 9.97 Å². The number of hydrogen-bond acceptors (Lipinski definition) is 3. The second-order valence-electron chi connectivity index (χ2n) is 5.32. The number of halogens is 1. The lowest BCUT2D eigenvalue weighted by Crippen LogP contribution is -2.24. The van der Waals surface area contributed by atoms with E-state index in [2.05, 4.69) is 72.9 Å². The minimum absolute atomic E-state index is 0.208. The number of nitrogens with zero attached hydrogens (tertiary/aromatic N) is 2. The van der Waals surface area contributed by atoms with Crippen LogP contribution in [0.3, 0.4) is 0 Å². The molecule has 0 aliphatic carbocycles. The molecule has 0 aliphatic heterocycles. The number of rotatable bonds is 4. The molecular weight excluding hydrogens is 361 g/mol. The first kappa shape index (κ1) is 15.2. The van der Waals surface area contributed by atoms with Crippen LogP contribution >= 0.6 is 22.6 Å². The summed E-state index contributed by atoms with van der Waals surface area (Å²) in [6.45, 7) is 9.31. The molecule has 2 rings (SSSR count). The van der Waals surface area contributed by atoms with Gasteiger partial charge in [0.05, 0.1) is 9.26 Å². The molecule has 0 atom stereocenters. The Kier molecular flexibility index (Phi) is 4.62. The Morgan fingerprint density at radius 3 is 2.40 bits per heavy atom. The molecule has 1 aromatic carbocycles. The summed E-state index contributed by atoms with van der Waals surface area (Å²) in [4.78, 5) is 9.45. The summed E-state index contributed by atoms with van der Waals surface area (Å²) >= 11 is 2.30.